The number of carboxylic acid groups (broad SMARTS) is 1. The molecule has 0 spiro atoms. The zero-order valence-electron chi connectivity index (χ0n) is 10.0. The molecule has 6 heteroatoms. The molecule has 0 bridgehead atoms. The molecule has 0 radical (unpaired) electrons. The topological polar surface area (TPSA) is 84.2 Å². The highest BCUT2D eigenvalue weighted by Gasteiger charge is 2.11. The second-order valence-electron chi connectivity index (χ2n) is 3.98. The summed E-state index contributed by atoms with van der Waals surface area (Å²) in [5.74, 6) is -1.01. The van der Waals surface area contributed by atoms with Crippen molar-refractivity contribution in [2.45, 2.75) is 32.2 Å². The van der Waals surface area contributed by atoms with Crippen molar-refractivity contribution in [1.29, 1.82) is 0 Å². The van der Waals surface area contributed by atoms with Crippen LogP contribution in [0.15, 0.2) is 12.4 Å². The molecule has 0 saturated heterocycles. The van der Waals surface area contributed by atoms with E-state index in [4.69, 9.17) is 5.11 Å². The van der Waals surface area contributed by atoms with Crippen molar-refractivity contribution in [2.75, 3.05) is 0 Å². The molecule has 0 aliphatic heterocycles. The van der Waals surface area contributed by atoms with Gasteiger partial charge in [-0.2, -0.15) is 5.10 Å². The number of carbonyl (C=O) groups is 2. The number of rotatable bonds is 6. The van der Waals surface area contributed by atoms with E-state index >= 15 is 0 Å². The highest BCUT2D eigenvalue weighted by atomic mass is 16.4. The van der Waals surface area contributed by atoms with Crippen LogP contribution in [0.3, 0.4) is 0 Å². The van der Waals surface area contributed by atoms with E-state index in [-0.39, 0.29) is 24.8 Å². The summed E-state index contributed by atoms with van der Waals surface area (Å²) in [6, 6.07) is -0.110. The second-order valence-corrected chi connectivity index (χ2v) is 3.98. The molecule has 94 valence electrons. The van der Waals surface area contributed by atoms with Gasteiger partial charge in [0.15, 0.2) is 0 Å². The third-order valence-electron chi connectivity index (χ3n) is 2.40. The number of hydrogen-bond donors (Lipinski definition) is 2. The van der Waals surface area contributed by atoms with Crippen molar-refractivity contribution in [3.05, 3.63) is 18.0 Å². The van der Waals surface area contributed by atoms with Gasteiger partial charge in [-0.05, 0) is 13.3 Å². The van der Waals surface area contributed by atoms with E-state index in [1.165, 1.54) is 0 Å². The summed E-state index contributed by atoms with van der Waals surface area (Å²) in [4.78, 5) is 21.8. The Morgan fingerprint density at radius 3 is 2.76 bits per heavy atom. The summed E-state index contributed by atoms with van der Waals surface area (Å²) >= 11 is 0. The summed E-state index contributed by atoms with van der Waals surface area (Å²) in [5.41, 5.74) is 0.930. The minimum atomic E-state index is -0.877. The van der Waals surface area contributed by atoms with E-state index in [9.17, 15) is 9.59 Å². The SMILES string of the molecule is C[C@@H](NC(=O)CCCC(=O)O)c1cnn(C)c1. The molecule has 6 nitrogen and oxygen atoms in total. The van der Waals surface area contributed by atoms with Crippen molar-refractivity contribution in [3.63, 3.8) is 0 Å². The van der Waals surface area contributed by atoms with Crippen LogP contribution in [-0.2, 0) is 16.6 Å². The second kappa shape index (κ2) is 6.03. The minimum Gasteiger partial charge on any atom is -0.481 e. The largest absolute Gasteiger partial charge is 0.481 e. The molecule has 1 amide bonds. The van der Waals surface area contributed by atoms with Gasteiger partial charge in [0.25, 0.3) is 0 Å². The van der Waals surface area contributed by atoms with E-state index < -0.39 is 5.97 Å². The van der Waals surface area contributed by atoms with Crippen LogP contribution in [0, 0.1) is 0 Å². The normalized spacial score (nSPS) is 12.1. The standard InChI is InChI=1S/C11H17N3O3/c1-8(9-6-12-14(2)7-9)13-10(15)4-3-5-11(16)17/h6-8H,3-5H2,1-2H3,(H,13,15)(H,16,17)/t8-/m1/s1. The van der Waals surface area contributed by atoms with Crippen molar-refractivity contribution >= 4 is 11.9 Å². The van der Waals surface area contributed by atoms with E-state index in [1.807, 2.05) is 20.2 Å². The van der Waals surface area contributed by atoms with Crippen molar-refractivity contribution in [2.24, 2.45) is 7.05 Å². The van der Waals surface area contributed by atoms with Gasteiger partial charge in [-0.3, -0.25) is 14.3 Å². The predicted octanol–water partition coefficient (Wildman–Crippen LogP) is 0.852. The smallest absolute Gasteiger partial charge is 0.303 e. The lowest BCUT2D eigenvalue weighted by Gasteiger charge is -2.11. The first-order valence-electron chi connectivity index (χ1n) is 5.48. The summed E-state index contributed by atoms with van der Waals surface area (Å²) in [5, 5.41) is 15.3. The van der Waals surface area contributed by atoms with Gasteiger partial charge in [0.2, 0.25) is 5.91 Å². The third-order valence-corrected chi connectivity index (χ3v) is 2.40. The Morgan fingerprint density at radius 1 is 1.53 bits per heavy atom. The maximum Gasteiger partial charge on any atom is 0.303 e. The van der Waals surface area contributed by atoms with Crippen LogP contribution in [0.5, 0.6) is 0 Å². The molecule has 0 aromatic carbocycles. The molecule has 17 heavy (non-hydrogen) atoms. The number of nitrogens with one attached hydrogen (secondary N) is 1. The lowest BCUT2D eigenvalue weighted by molar-refractivity contribution is -0.137. The molecule has 0 saturated carbocycles. The first-order valence-corrected chi connectivity index (χ1v) is 5.48. The van der Waals surface area contributed by atoms with Crippen molar-refractivity contribution in [1.82, 2.24) is 15.1 Å². The summed E-state index contributed by atoms with van der Waals surface area (Å²) in [6.07, 6.45) is 4.15. The lowest BCUT2D eigenvalue weighted by Crippen LogP contribution is -2.26. The van der Waals surface area contributed by atoms with Crippen molar-refractivity contribution in [3.8, 4) is 0 Å². The van der Waals surface area contributed by atoms with Gasteiger partial charge in [-0.25, -0.2) is 0 Å². The van der Waals surface area contributed by atoms with Crippen LogP contribution in [0.4, 0.5) is 0 Å². The predicted molar refractivity (Wildman–Crippen MR) is 61.3 cm³/mol. The third kappa shape index (κ3) is 4.67. The van der Waals surface area contributed by atoms with Gasteiger partial charge in [-0.15, -0.1) is 0 Å². The van der Waals surface area contributed by atoms with Crippen LogP contribution in [0.2, 0.25) is 0 Å². The summed E-state index contributed by atoms with van der Waals surface area (Å²) in [7, 11) is 1.81. The highest BCUT2D eigenvalue weighted by Crippen LogP contribution is 2.10. The number of aliphatic carboxylic acids is 1. The van der Waals surface area contributed by atoms with Gasteiger partial charge < -0.3 is 10.4 Å². The van der Waals surface area contributed by atoms with Gasteiger partial charge >= 0.3 is 5.97 Å². The molecular weight excluding hydrogens is 222 g/mol. The van der Waals surface area contributed by atoms with Crippen LogP contribution in [0.25, 0.3) is 0 Å². The molecule has 1 aromatic rings. The lowest BCUT2D eigenvalue weighted by atomic mass is 10.1. The number of carbonyl (C=O) groups excluding carboxylic acids is 1. The Kier molecular flexibility index (Phi) is 4.68. The van der Waals surface area contributed by atoms with Crippen LogP contribution in [-0.4, -0.2) is 26.8 Å². The van der Waals surface area contributed by atoms with Crippen LogP contribution >= 0.6 is 0 Å². The Hall–Kier alpha value is -1.85. The van der Waals surface area contributed by atoms with Gasteiger partial charge in [0.1, 0.15) is 0 Å². The van der Waals surface area contributed by atoms with E-state index in [2.05, 4.69) is 10.4 Å². The number of amides is 1. The minimum absolute atomic E-state index is 0.0225. The Bertz CT molecular complexity index is 400. The quantitative estimate of drug-likeness (QED) is 0.770. The fourth-order valence-corrected chi connectivity index (χ4v) is 1.46. The highest BCUT2D eigenvalue weighted by molar-refractivity contribution is 5.77. The molecule has 0 aliphatic carbocycles. The fraction of sp³-hybridized carbons (Fsp3) is 0.545. The van der Waals surface area contributed by atoms with E-state index in [0.717, 1.165) is 5.56 Å². The number of hydrogen-bond acceptors (Lipinski definition) is 3. The van der Waals surface area contributed by atoms with Gasteiger partial charge in [0.05, 0.1) is 12.2 Å². The molecule has 1 atom stereocenters. The first kappa shape index (κ1) is 13.2. The first-order chi connectivity index (χ1) is 7.99. The fourth-order valence-electron chi connectivity index (χ4n) is 1.46. The zero-order valence-corrected chi connectivity index (χ0v) is 10.0. The molecule has 1 aromatic heterocycles. The number of carboxylic acids is 1. The molecule has 0 aliphatic rings. The molecule has 2 N–H and O–H groups in total. The van der Waals surface area contributed by atoms with Gasteiger partial charge in [-0.1, -0.05) is 0 Å². The number of nitrogens with zero attached hydrogens (tertiary/aromatic N) is 2. The molecule has 0 unspecified atom stereocenters. The van der Waals surface area contributed by atoms with E-state index in [0.29, 0.717) is 6.42 Å². The van der Waals surface area contributed by atoms with Gasteiger partial charge in [0, 0.05) is 31.6 Å². The molecule has 1 rings (SSSR count). The average Bonchev–Trinajstić information content (AvgIpc) is 2.64. The van der Waals surface area contributed by atoms with Crippen molar-refractivity contribution < 1.29 is 14.7 Å². The molecule has 0 fully saturated rings. The maximum absolute atomic E-state index is 11.5. The Morgan fingerprint density at radius 2 is 2.24 bits per heavy atom. The maximum atomic E-state index is 11.5. The average molecular weight is 239 g/mol. The zero-order chi connectivity index (χ0) is 12.8. The summed E-state index contributed by atoms with van der Waals surface area (Å²) < 4.78 is 1.67. The van der Waals surface area contributed by atoms with Crippen LogP contribution < -0.4 is 5.32 Å². The number of aromatic nitrogens is 2. The van der Waals surface area contributed by atoms with E-state index in [1.54, 1.807) is 10.9 Å². The Balaban J connectivity index is 2.33. The monoisotopic (exact) mass is 239 g/mol. The van der Waals surface area contributed by atoms with Crippen LogP contribution in [0.1, 0.15) is 37.8 Å². The molecule has 1 heterocycles. The Labute approximate surface area is 99.6 Å². The molecular formula is C11H17N3O3. The summed E-state index contributed by atoms with van der Waals surface area (Å²) in [6.45, 7) is 1.87. The number of aryl methyl sites for hydroxylation is 1.